The highest BCUT2D eigenvalue weighted by Gasteiger charge is 2.24. The zero-order chi connectivity index (χ0) is 25.3. The molecular formula is C26H28FN3O4S. The number of carboxylic acid groups (broad SMARTS) is 1. The van der Waals surface area contributed by atoms with Crippen molar-refractivity contribution in [2.24, 2.45) is 0 Å². The predicted octanol–water partition coefficient (Wildman–Crippen LogP) is 4.58. The Labute approximate surface area is 204 Å². The van der Waals surface area contributed by atoms with Gasteiger partial charge in [-0.05, 0) is 86.0 Å². The van der Waals surface area contributed by atoms with Gasteiger partial charge in [0.1, 0.15) is 5.82 Å². The maximum absolute atomic E-state index is 13.4. The molecule has 1 aliphatic heterocycles. The normalized spacial score (nSPS) is 14.2. The quantitative estimate of drug-likeness (QED) is 0.518. The van der Waals surface area contributed by atoms with Crippen LogP contribution in [0.25, 0.3) is 0 Å². The highest BCUT2D eigenvalue weighted by Crippen LogP contribution is 2.32. The van der Waals surface area contributed by atoms with E-state index in [1.807, 2.05) is 24.8 Å². The topological polar surface area (TPSA) is 89.9 Å². The SMILES string of the molecule is Cc1cc(C)c(S(=O)(=O)Nc2cc(C(=O)O)ccc2N2CCN(c3ccc(F)cc3)CC2)cc1C. The van der Waals surface area contributed by atoms with Gasteiger partial charge in [-0.1, -0.05) is 6.07 Å². The monoisotopic (exact) mass is 497 g/mol. The Bertz CT molecular complexity index is 1370. The number of carbonyl (C=O) groups is 1. The van der Waals surface area contributed by atoms with Crippen LogP contribution in [0, 0.1) is 26.6 Å². The number of hydrogen-bond donors (Lipinski definition) is 2. The minimum absolute atomic E-state index is 0.00629. The number of sulfonamides is 1. The second kappa shape index (κ2) is 9.58. The van der Waals surface area contributed by atoms with Crippen molar-refractivity contribution < 1.29 is 22.7 Å². The lowest BCUT2D eigenvalue weighted by Gasteiger charge is -2.38. The third-order valence-corrected chi connectivity index (χ3v) is 7.89. The van der Waals surface area contributed by atoms with Crippen molar-refractivity contribution in [1.82, 2.24) is 0 Å². The molecule has 1 saturated heterocycles. The van der Waals surface area contributed by atoms with Crippen molar-refractivity contribution in [3.63, 3.8) is 0 Å². The fourth-order valence-corrected chi connectivity index (χ4v) is 5.69. The van der Waals surface area contributed by atoms with Crippen molar-refractivity contribution in [3.05, 3.63) is 82.7 Å². The zero-order valence-electron chi connectivity index (χ0n) is 19.9. The number of carboxylic acids is 1. The molecule has 4 rings (SSSR count). The van der Waals surface area contributed by atoms with Gasteiger partial charge in [0.25, 0.3) is 10.0 Å². The molecule has 3 aromatic rings. The van der Waals surface area contributed by atoms with Crippen LogP contribution in [0.4, 0.5) is 21.5 Å². The highest BCUT2D eigenvalue weighted by molar-refractivity contribution is 7.92. The summed E-state index contributed by atoms with van der Waals surface area (Å²) < 4.78 is 42.6. The summed E-state index contributed by atoms with van der Waals surface area (Å²) in [5.74, 6) is -1.43. The second-order valence-electron chi connectivity index (χ2n) is 8.80. The van der Waals surface area contributed by atoms with Gasteiger partial charge < -0.3 is 14.9 Å². The zero-order valence-corrected chi connectivity index (χ0v) is 20.7. The van der Waals surface area contributed by atoms with E-state index in [1.54, 1.807) is 31.2 Å². The van der Waals surface area contributed by atoms with Crippen LogP contribution in [0.1, 0.15) is 27.0 Å². The third kappa shape index (κ3) is 5.24. The van der Waals surface area contributed by atoms with Crippen LogP contribution in [0.3, 0.4) is 0 Å². The Morgan fingerprint density at radius 3 is 2.09 bits per heavy atom. The fourth-order valence-electron chi connectivity index (χ4n) is 4.31. The summed E-state index contributed by atoms with van der Waals surface area (Å²) in [7, 11) is -3.96. The van der Waals surface area contributed by atoms with E-state index in [0.717, 1.165) is 16.8 Å². The Kier molecular flexibility index (Phi) is 6.71. The molecule has 7 nitrogen and oxygen atoms in total. The van der Waals surface area contributed by atoms with Crippen molar-refractivity contribution in [2.75, 3.05) is 40.7 Å². The molecule has 0 bridgehead atoms. The lowest BCUT2D eigenvalue weighted by Crippen LogP contribution is -2.46. The number of rotatable bonds is 6. The molecule has 0 aliphatic carbocycles. The Hall–Kier alpha value is -3.59. The van der Waals surface area contributed by atoms with Crippen LogP contribution in [0.2, 0.25) is 0 Å². The van der Waals surface area contributed by atoms with E-state index in [2.05, 4.69) is 9.62 Å². The predicted molar refractivity (Wildman–Crippen MR) is 136 cm³/mol. The summed E-state index contributed by atoms with van der Waals surface area (Å²) in [6.07, 6.45) is 0. The van der Waals surface area contributed by atoms with Gasteiger partial charge in [-0.3, -0.25) is 4.72 Å². The molecule has 0 spiro atoms. The fraction of sp³-hybridized carbons (Fsp3) is 0.269. The number of aromatic carboxylic acids is 1. The molecule has 0 amide bonds. The molecule has 0 radical (unpaired) electrons. The van der Waals surface area contributed by atoms with E-state index >= 15 is 0 Å². The number of hydrogen-bond acceptors (Lipinski definition) is 5. The van der Waals surface area contributed by atoms with Gasteiger partial charge in [-0.2, -0.15) is 0 Å². The minimum atomic E-state index is -3.96. The number of nitrogens with zero attached hydrogens (tertiary/aromatic N) is 2. The van der Waals surface area contributed by atoms with Crippen molar-refractivity contribution >= 4 is 33.1 Å². The van der Waals surface area contributed by atoms with Gasteiger partial charge in [0.05, 0.1) is 21.8 Å². The van der Waals surface area contributed by atoms with Gasteiger partial charge >= 0.3 is 5.97 Å². The van der Waals surface area contributed by atoms with Gasteiger partial charge in [-0.25, -0.2) is 17.6 Å². The summed E-state index contributed by atoms with van der Waals surface area (Å²) >= 11 is 0. The number of nitrogens with one attached hydrogen (secondary N) is 1. The Morgan fingerprint density at radius 2 is 1.46 bits per heavy atom. The van der Waals surface area contributed by atoms with Crippen LogP contribution < -0.4 is 14.5 Å². The van der Waals surface area contributed by atoms with E-state index in [0.29, 0.717) is 37.4 Å². The van der Waals surface area contributed by atoms with Crippen LogP contribution in [-0.2, 0) is 10.0 Å². The van der Waals surface area contributed by atoms with E-state index in [4.69, 9.17) is 0 Å². The third-order valence-electron chi connectivity index (χ3n) is 6.38. The molecule has 0 unspecified atom stereocenters. The van der Waals surface area contributed by atoms with E-state index < -0.39 is 16.0 Å². The molecule has 3 aromatic carbocycles. The maximum atomic E-state index is 13.4. The molecule has 0 saturated carbocycles. The Balaban J connectivity index is 1.63. The largest absolute Gasteiger partial charge is 0.478 e. The minimum Gasteiger partial charge on any atom is -0.478 e. The van der Waals surface area contributed by atoms with Gasteiger partial charge in [0.2, 0.25) is 0 Å². The van der Waals surface area contributed by atoms with Crippen LogP contribution in [-0.4, -0.2) is 45.7 Å². The van der Waals surface area contributed by atoms with Gasteiger partial charge in [0.15, 0.2) is 0 Å². The van der Waals surface area contributed by atoms with E-state index in [9.17, 15) is 22.7 Å². The number of halogens is 1. The van der Waals surface area contributed by atoms with Crippen molar-refractivity contribution in [3.8, 4) is 0 Å². The van der Waals surface area contributed by atoms with Gasteiger partial charge in [-0.15, -0.1) is 0 Å². The first kappa shape index (κ1) is 24.5. The first-order chi connectivity index (χ1) is 16.5. The first-order valence-corrected chi connectivity index (χ1v) is 12.8. The molecule has 1 heterocycles. The van der Waals surface area contributed by atoms with E-state index in [-0.39, 0.29) is 22.0 Å². The molecule has 0 atom stereocenters. The van der Waals surface area contributed by atoms with Crippen molar-refractivity contribution in [1.29, 1.82) is 0 Å². The summed E-state index contributed by atoms with van der Waals surface area (Å²) in [5, 5.41) is 9.49. The Morgan fingerprint density at radius 1 is 0.857 bits per heavy atom. The molecule has 9 heteroatoms. The highest BCUT2D eigenvalue weighted by atomic mass is 32.2. The summed E-state index contributed by atoms with van der Waals surface area (Å²) in [4.78, 5) is 15.9. The molecule has 184 valence electrons. The molecule has 35 heavy (non-hydrogen) atoms. The lowest BCUT2D eigenvalue weighted by molar-refractivity contribution is 0.0697. The average molecular weight is 498 g/mol. The second-order valence-corrected chi connectivity index (χ2v) is 10.4. The van der Waals surface area contributed by atoms with Gasteiger partial charge in [0, 0.05) is 31.9 Å². The van der Waals surface area contributed by atoms with Crippen LogP contribution >= 0.6 is 0 Å². The number of anilines is 3. The summed E-state index contributed by atoms with van der Waals surface area (Å²) in [6, 6.07) is 14.3. The molecule has 1 fully saturated rings. The molecular weight excluding hydrogens is 469 g/mol. The number of benzene rings is 3. The number of aryl methyl sites for hydroxylation is 3. The molecule has 1 aliphatic rings. The lowest BCUT2D eigenvalue weighted by atomic mass is 10.1. The van der Waals surface area contributed by atoms with Crippen molar-refractivity contribution in [2.45, 2.75) is 25.7 Å². The standard InChI is InChI=1S/C26H28FN3O4S/c1-17-14-19(3)25(15-18(17)2)35(33,34)28-23-16-20(26(31)32)4-9-24(23)30-12-10-29(11-13-30)22-7-5-21(27)6-8-22/h4-9,14-16,28H,10-13H2,1-3H3,(H,31,32). The number of piperazine rings is 1. The smallest absolute Gasteiger partial charge is 0.335 e. The van der Waals surface area contributed by atoms with E-state index in [1.165, 1.54) is 24.3 Å². The van der Waals surface area contributed by atoms with Crippen LogP contribution in [0.15, 0.2) is 59.5 Å². The first-order valence-electron chi connectivity index (χ1n) is 11.3. The maximum Gasteiger partial charge on any atom is 0.335 e. The average Bonchev–Trinajstić information content (AvgIpc) is 2.81. The summed E-state index contributed by atoms with van der Waals surface area (Å²) in [5.41, 5.74) is 4.20. The molecule has 2 N–H and O–H groups in total. The summed E-state index contributed by atoms with van der Waals surface area (Å²) in [6.45, 7) is 7.98. The van der Waals surface area contributed by atoms with Crippen LogP contribution in [0.5, 0.6) is 0 Å². The molecule has 0 aromatic heterocycles.